The molecule has 1 amide bonds. The van der Waals surface area contributed by atoms with Gasteiger partial charge < -0.3 is 10.4 Å². The largest absolute Gasteiger partial charge is 0.480 e. The van der Waals surface area contributed by atoms with Crippen molar-refractivity contribution in [3.8, 4) is 0 Å². The van der Waals surface area contributed by atoms with Crippen LogP contribution in [0.25, 0.3) is 0 Å². The molecular weight excluding hydrogens is 220 g/mol. The first-order valence-corrected chi connectivity index (χ1v) is 5.50. The second-order valence-corrected chi connectivity index (χ2v) is 3.92. The number of carbonyl (C=O) groups is 2. The summed E-state index contributed by atoms with van der Waals surface area (Å²) in [5.74, 6) is -1.55. The summed E-state index contributed by atoms with van der Waals surface area (Å²) in [6.07, 6.45) is 3.65. The summed E-state index contributed by atoms with van der Waals surface area (Å²) in [4.78, 5) is 26.6. The van der Waals surface area contributed by atoms with Gasteiger partial charge in [-0.2, -0.15) is 0 Å². The average molecular weight is 236 g/mol. The van der Waals surface area contributed by atoms with Crippen LogP contribution < -0.4 is 5.32 Å². The van der Waals surface area contributed by atoms with Crippen molar-refractivity contribution in [1.29, 1.82) is 0 Å². The lowest BCUT2D eigenvalue weighted by atomic mass is 9.99. The van der Waals surface area contributed by atoms with Gasteiger partial charge in [-0.15, -0.1) is 0 Å². The molecule has 0 saturated heterocycles. The number of hydrogen-bond donors (Lipinski definition) is 2. The standard InChI is InChI=1S/C12H16N2O3/c1-3-8(2)10(12(16)17)14-11(15)9-5-4-6-13-7-9/h4-8,10H,3H2,1-2H3,(H,14,15)(H,16,17). The fraction of sp³-hybridized carbons (Fsp3) is 0.417. The van der Waals surface area contributed by atoms with Crippen molar-refractivity contribution < 1.29 is 14.7 Å². The van der Waals surface area contributed by atoms with E-state index in [1.165, 1.54) is 6.20 Å². The first-order valence-electron chi connectivity index (χ1n) is 5.50. The zero-order chi connectivity index (χ0) is 12.8. The van der Waals surface area contributed by atoms with Crippen molar-refractivity contribution in [2.45, 2.75) is 26.3 Å². The number of carboxylic acids is 1. The normalized spacial score (nSPS) is 13.8. The van der Waals surface area contributed by atoms with Crippen molar-refractivity contribution in [2.24, 2.45) is 5.92 Å². The van der Waals surface area contributed by atoms with Crippen molar-refractivity contribution in [3.63, 3.8) is 0 Å². The van der Waals surface area contributed by atoms with Gasteiger partial charge in [-0.1, -0.05) is 20.3 Å². The number of pyridine rings is 1. The van der Waals surface area contributed by atoms with Crippen molar-refractivity contribution >= 4 is 11.9 Å². The number of carbonyl (C=O) groups excluding carboxylic acids is 1. The minimum atomic E-state index is -1.02. The number of aromatic nitrogens is 1. The van der Waals surface area contributed by atoms with Gasteiger partial charge in [0.1, 0.15) is 6.04 Å². The van der Waals surface area contributed by atoms with Gasteiger partial charge >= 0.3 is 5.97 Å². The molecule has 2 N–H and O–H groups in total. The molecule has 0 aromatic carbocycles. The second-order valence-electron chi connectivity index (χ2n) is 3.92. The Balaban J connectivity index is 2.75. The van der Waals surface area contributed by atoms with E-state index < -0.39 is 17.9 Å². The number of aliphatic carboxylic acids is 1. The third kappa shape index (κ3) is 3.55. The Labute approximate surface area is 99.9 Å². The molecule has 17 heavy (non-hydrogen) atoms. The molecule has 0 aliphatic heterocycles. The maximum Gasteiger partial charge on any atom is 0.326 e. The number of nitrogens with one attached hydrogen (secondary N) is 1. The molecule has 2 atom stereocenters. The lowest BCUT2D eigenvalue weighted by Crippen LogP contribution is -2.45. The van der Waals surface area contributed by atoms with Crippen LogP contribution in [0.3, 0.4) is 0 Å². The van der Waals surface area contributed by atoms with Crippen LogP contribution >= 0.6 is 0 Å². The highest BCUT2D eigenvalue weighted by molar-refractivity contribution is 5.96. The topological polar surface area (TPSA) is 79.3 Å². The molecule has 1 aromatic heterocycles. The van der Waals surface area contributed by atoms with E-state index in [4.69, 9.17) is 5.11 Å². The first-order chi connectivity index (χ1) is 8.06. The van der Waals surface area contributed by atoms with Crippen LogP contribution in [0.2, 0.25) is 0 Å². The molecule has 0 fully saturated rings. The van der Waals surface area contributed by atoms with Gasteiger partial charge in [0.25, 0.3) is 5.91 Å². The number of nitrogens with zero attached hydrogens (tertiary/aromatic N) is 1. The molecule has 1 heterocycles. The molecule has 2 unspecified atom stereocenters. The van der Waals surface area contributed by atoms with Crippen LogP contribution in [0, 0.1) is 5.92 Å². The Morgan fingerprint density at radius 2 is 2.24 bits per heavy atom. The predicted molar refractivity (Wildman–Crippen MR) is 62.6 cm³/mol. The first kappa shape index (κ1) is 13.2. The lowest BCUT2D eigenvalue weighted by Gasteiger charge is -2.19. The predicted octanol–water partition coefficient (Wildman–Crippen LogP) is 1.31. The van der Waals surface area contributed by atoms with Gasteiger partial charge in [0, 0.05) is 12.4 Å². The van der Waals surface area contributed by atoms with Crippen LogP contribution in [0.15, 0.2) is 24.5 Å². The number of amides is 1. The summed E-state index contributed by atoms with van der Waals surface area (Å²) in [5, 5.41) is 11.5. The summed E-state index contributed by atoms with van der Waals surface area (Å²) in [5.41, 5.74) is 0.363. The highest BCUT2D eigenvalue weighted by Gasteiger charge is 2.25. The van der Waals surface area contributed by atoms with Crippen molar-refractivity contribution in [1.82, 2.24) is 10.3 Å². The van der Waals surface area contributed by atoms with Gasteiger partial charge in [0.05, 0.1) is 5.56 Å². The van der Waals surface area contributed by atoms with E-state index in [-0.39, 0.29) is 5.92 Å². The summed E-state index contributed by atoms with van der Waals surface area (Å²) < 4.78 is 0. The second kappa shape index (κ2) is 5.98. The highest BCUT2D eigenvalue weighted by atomic mass is 16.4. The molecule has 0 saturated carbocycles. The molecular formula is C12H16N2O3. The Morgan fingerprint density at radius 3 is 2.71 bits per heavy atom. The molecule has 0 spiro atoms. The summed E-state index contributed by atoms with van der Waals surface area (Å²) in [6, 6.07) is 2.36. The van der Waals surface area contributed by atoms with Gasteiger partial charge in [0.2, 0.25) is 0 Å². The number of rotatable bonds is 5. The summed E-state index contributed by atoms with van der Waals surface area (Å²) >= 11 is 0. The Kier molecular flexibility index (Phi) is 4.63. The van der Waals surface area contributed by atoms with Crippen molar-refractivity contribution in [2.75, 3.05) is 0 Å². The van der Waals surface area contributed by atoms with Gasteiger partial charge in [-0.05, 0) is 18.1 Å². The maximum absolute atomic E-state index is 11.8. The molecule has 1 aromatic rings. The Morgan fingerprint density at radius 1 is 1.53 bits per heavy atom. The van der Waals surface area contributed by atoms with Crippen LogP contribution in [0.1, 0.15) is 30.6 Å². The molecule has 5 nitrogen and oxygen atoms in total. The molecule has 5 heteroatoms. The zero-order valence-electron chi connectivity index (χ0n) is 9.88. The smallest absolute Gasteiger partial charge is 0.326 e. The van der Waals surface area contributed by atoms with Gasteiger partial charge in [0.15, 0.2) is 0 Å². The van der Waals surface area contributed by atoms with E-state index in [1.807, 2.05) is 6.92 Å². The number of hydrogen-bond acceptors (Lipinski definition) is 3. The number of carboxylic acid groups (broad SMARTS) is 1. The minimum Gasteiger partial charge on any atom is -0.480 e. The third-order valence-electron chi connectivity index (χ3n) is 2.69. The van der Waals surface area contributed by atoms with E-state index in [1.54, 1.807) is 25.3 Å². The Bertz CT molecular complexity index is 392. The minimum absolute atomic E-state index is 0.117. The van der Waals surface area contributed by atoms with Crippen LogP contribution in [-0.4, -0.2) is 28.0 Å². The highest BCUT2D eigenvalue weighted by Crippen LogP contribution is 2.09. The summed E-state index contributed by atoms with van der Waals surface area (Å²) in [7, 11) is 0. The van der Waals surface area contributed by atoms with Gasteiger partial charge in [-0.3, -0.25) is 9.78 Å². The van der Waals surface area contributed by atoms with E-state index in [0.29, 0.717) is 12.0 Å². The molecule has 1 rings (SSSR count). The third-order valence-corrected chi connectivity index (χ3v) is 2.69. The molecule has 0 bridgehead atoms. The summed E-state index contributed by atoms with van der Waals surface area (Å²) in [6.45, 7) is 3.68. The molecule has 0 radical (unpaired) electrons. The fourth-order valence-corrected chi connectivity index (χ4v) is 1.40. The average Bonchev–Trinajstić information content (AvgIpc) is 2.35. The fourth-order valence-electron chi connectivity index (χ4n) is 1.40. The van der Waals surface area contributed by atoms with E-state index in [2.05, 4.69) is 10.3 Å². The molecule has 92 valence electrons. The Hall–Kier alpha value is -1.91. The SMILES string of the molecule is CCC(C)C(NC(=O)c1cccnc1)C(=O)O. The maximum atomic E-state index is 11.8. The van der Waals surface area contributed by atoms with Gasteiger partial charge in [-0.25, -0.2) is 4.79 Å². The van der Waals surface area contributed by atoms with Crippen LogP contribution in [-0.2, 0) is 4.79 Å². The molecule has 0 aliphatic rings. The van der Waals surface area contributed by atoms with Crippen LogP contribution in [0.5, 0.6) is 0 Å². The molecule has 0 aliphatic carbocycles. The van der Waals surface area contributed by atoms with Crippen LogP contribution in [0.4, 0.5) is 0 Å². The quantitative estimate of drug-likeness (QED) is 0.807. The lowest BCUT2D eigenvalue weighted by molar-refractivity contribution is -0.140. The van der Waals surface area contributed by atoms with E-state index >= 15 is 0 Å². The van der Waals surface area contributed by atoms with E-state index in [0.717, 1.165) is 0 Å². The monoisotopic (exact) mass is 236 g/mol. The van der Waals surface area contributed by atoms with Crippen molar-refractivity contribution in [3.05, 3.63) is 30.1 Å². The zero-order valence-corrected chi connectivity index (χ0v) is 9.88. The van der Waals surface area contributed by atoms with E-state index in [9.17, 15) is 9.59 Å².